The Balaban J connectivity index is 0.000000925. The van der Waals surface area contributed by atoms with E-state index >= 15 is 0 Å². The monoisotopic (exact) mass is 1150 g/mol. The number of nitrogens with one attached hydrogen (secondary N) is 3. The average molecular weight is 1150 g/mol. The Morgan fingerprint density at radius 1 is 0.464 bits per heavy atom. The number of rotatable bonds is 24. The first-order chi connectivity index (χ1) is 32.1. The summed E-state index contributed by atoms with van der Waals surface area (Å²) in [6.45, 7) is 13.3. The number of hydrogen-bond donors (Lipinski definition) is 3. The molecule has 0 aliphatic heterocycles. The highest BCUT2D eigenvalue weighted by atomic mass is 31.3. The van der Waals surface area contributed by atoms with Crippen molar-refractivity contribution in [2.24, 2.45) is 0 Å². The van der Waals surface area contributed by atoms with Crippen LogP contribution in [-0.4, -0.2) is 87.1 Å². The van der Waals surface area contributed by atoms with Crippen LogP contribution < -0.4 is 33.7 Å². The summed E-state index contributed by atoms with van der Waals surface area (Å²) in [4.78, 5) is 72.6. The van der Waals surface area contributed by atoms with E-state index in [1.54, 1.807) is 0 Å². The molecule has 0 amide bonds. The van der Waals surface area contributed by atoms with E-state index in [0.29, 0.717) is 6.54 Å². The molecule has 0 bridgehead atoms. The largest absolute Gasteiger partial charge is 0.513 e. The lowest BCUT2D eigenvalue weighted by Crippen LogP contribution is -2.28. The third-order valence-corrected chi connectivity index (χ3v) is 20.1. The Labute approximate surface area is 398 Å². The molecule has 69 heavy (non-hydrogen) atoms. The molecule has 0 aliphatic rings. The molecule has 27 nitrogen and oxygen atoms in total. The van der Waals surface area contributed by atoms with Crippen LogP contribution in [0.25, 0.3) is 0 Å². The molecule has 0 spiro atoms. The Hall–Kier alpha value is -3.95. The van der Waals surface area contributed by atoms with Gasteiger partial charge in [-0.05, 0) is 34.3 Å². The van der Waals surface area contributed by atoms with Crippen molar-refractivity contribution in [1.82, 2.24) is 28.7 Å². The van der Waals surface area contributed by atoms with Gasteiger partial charge >= 0.3 is 88.0 Å². The summed E-state index contributed by atoms with van der Waals surface area (Å²) in [7, 11) is -23.9. The standard InChI is InChI=1S/2C10H14N2O7P3.C8H10N2O2.C5H11O5P3/c2*1-20(15)18-22(17,19-21(2)16)8-4-3-6-12-7-5-9(13)11-10(12)14;1-2-3-5-10-6-4-7(11)9-8(10)12;1-4-5-13(8,9-11(2)6)10-12(3)7/h2*3-5,7H,6,8H2,1-2H3;2-4,6H,5H2,1H3,(H,9,11,12);4H,1,5H2,2-3H3/q2*+1;;+2/p+2/b4-3+;4-3-;;. The van der Waals surface area contributed by atoms with Crippen molar-refractivity contribution in [2.45, 2.75) is 26.6 Å². The molecule has 3 heterocycles. The number of allylic oxidation sites excluding steroid dienone is 7. The second kappa shape index (κ2) is 33.6. The van der Waals surface area contributed by atoms with Gasteiger partial charge in [0, 0.05) is 56.4 Å². The maximum atomic E-state index is 12.2. The molecule has 0 aromatic carbocycles. The zero-order valence-corrected chi connectivity index (χ0v) is 45.9. The Morgan fingerprint density at radius 2 is 0.710 bits per heavy atom. The van der Waals surface area contributed by atoms with Crippen molar-refractivity contribution < 1.29 is 66.9 Å². The molecule has 3 rings (SSSR count). The third kappa shape index (κ3) is 31.1. The molecule has 0 fully saturated rings. The molecule has 6 unspecified atom stereocenters. The maximum absolute atomic E-state index is 12.2. The molecule has 3 N–H and O–H groups in total. The lowest BCUT2D eigenvalue weighted by atomic mass is 10.5. The summed E-state index contributed by atoms with van der Waals surface area (Å²) in [5, 5.41) is 0. The lowest BCUT2D eigenvalue weighted by molar-refractivity contribution is 0.394. The highest BCUT2D eigenvalue weighted by Gasteiger charge is 2.41. The van der Waals surface area contributed by atoms with Gasteiger partial charge in [0.25, 0.3) is 16.7 Å². The molecule has 6 atom stereocenters. The molecule has 0 radical (unpaired) electrons. The average Bonchev–Trinajstić information content (AvgIpc) is 3.18. The summed E-state index contributed by atoms with van der Waals surface area (Å²) in [5.74, 6) is 0. The Kier molecular flexibility index (Phi) is 31.7. The first-order valence-electron chi connectivity index (χ1n) is 18.9. The van der Waals surface area contributed by atoms with Crippen LogP contribution in [0.5, 0.6) is 0 Å². The predicted octanol–water partition coefficient (Wildman–Crippen LogP) is 7.38. The fourth-order valence-corrected chi connectivity index (χ4v) is 16.5. The maximum Gasteiger partial charge on any atom is 0.513 e. The van der Waals surface area contributed by atoms with Crippen molar-refractivity contribution in [3.63, 3.8) is 0 Å². The fraction of sp³-hybridized carbons (Fsp3) is 0.394. The number of H-pyrrole nitrogens is 3. The summed E-state index contributed by atoms with van der Waals surface area (Å²) in [5.41, 5.74) is -2.91. The van der Waals surface area contributed by atoms with Crippen molar-refractivity contribution >= 4 is 71.0 Å². The fourth-order valence-electron chi connectivity index (χ4n) is 4.22. The van der Waals surface area contributed by atoms with Crippen molar-refractivity contribution in [3.05, 3.63) is 148 Å². The Bertz CT molecular complexity index is 2730. The van der Waals surface area contributed by atoms with E-state index in [1.807, 2.05) is 19.1 Å². The van der Waals surface area contributed by atoms with Crippen LogP contribution in [-0.2, 0) is 86.6 Å². The van der Waals surface area contributed by atoms with Crippen LogP contribution in [0.1, 0.15) is 6.92 Å². The second-order valence-electron chi connectivity index (χ2n) is 12.6. The highest BCUT2D eigenvalue weighted by molar-refractivity contribution is 7.67. The Morgan fingerprint density at radius 3 is 0.928 bits per heavy atom. The van der Waals surface area contributed by atoms with Gasteiger partial charge < -0.3 is 0 Å². The minimum atomic E-state index is -3.77. The minimum absolute atomic E-state index is 0.100. The number of aromatic amines is 3. The van der Waals surface area contributed by atoms with Crippen molar-refractivity contribution in [3.8, 4) is 0 Å². The third-order valence-electron chi connectivity index (χ3n) is 6.61. The molecule has 36 heteroatoms. The smallest absolute Gasteiger partial charge is 0.297 e. The topological polar surface area (TPSA) is 374 Å². The van der Waals surface area contributed by atoms with Crippen LogP contribution in [0.15, 0.2) is 115 Å². The van der Waals surface area contributed by atoms with Gasteiger partial charge in [-0.15, -0.1) is 6.58 Å². The van der Waals surface area contributed by atoms with Crippen LogP contribution >= 0.6 is 71.0 Å². The van der Waals surface area contributed by atoms with E-state index in [2.05, 4.69) is 30.2 Å². The van der Waals surface area contributed by atoms with Gasteiger partial charge in [0.2, 0.25) is 0 Å². The molecular formula is C33H51N6O21P9+6. The van der Waals surface area contributed by atoms with E-state index in [0.717, 1.165) is 0 Å². The summed E-state index contributed by atoms with van der Waals surface area (Å²) < 4.78 is 133. The molecular weight excluding hydrogens is 1100 g/mol. The van der Waals surface area contributed by atoms with E-state index < -0.39 is 93.5 Å². The van der Waals surface area contributed by atoms with Gasteiger partial charge in [0.15, 0.2) is 40.0 Å². The lowest BCUT2D eigenvalue weighted by Gasteiger charge is -2.02. The molecule has 378 valence electrons. The van der Waals surface area contributed by atoms with Gasteiger partial charge in [0.05, 0.1) is 18.5 Å². The second-order valence-corrected chi connectivity index (χ2v) is 26.6. The highest BCUT2D eigenvalue weighted by Crippen LogP contribution is 2.61. The van der Waals surface area contributed by atoms with E-state index in [1.165, 1.54) is 121 Å². The van der Waals surface area contributed by atoms with Crippen molar-refractivity contribution in [2.75, 3.05) is 58.5 Å². The van der Waals surface area contributed by atoms with E-state index in [9.17, 15) is 69.9 Å². The first-order valence-corrected chi connectivity index (χ1v) is 33.8. The predicted molar refractivity (Wildman–Crippen MR) is 262 cm³/mol. The number of hydrogen-bond acceptors (Lipinski definition) is 21. The SMILES string of the molecule is C=CCP(=O)(O[P+](C)=O)O[P+](C)=O.CC=CCn1ccc(=O)[nH]c1=O.C[P+](=O)OP(=O)(C/C=C/Cn1ccc(=O)[nH]c1=O)O[P+](C)=O.C[P+](=O)OP(=O)(C/C=C\Cn1ccc(=O)[nH]c1=O)O[P+](C)=O. The van der Waals surface area contributed by atoms with Gasteiger partial charge in [0.1, 0.15) is 0 Å². The van der Waals surface area contributed by atoms with Gasteiger partial charge in [-0.3, -0.25) is 56.7 Å². The van der Waals surface area contributed by atoms with Crippen LogP contribution in [0.4, 0.5) is 0 Å². The quantitative estimate of drug-likeness (QED) is 0.0581. The van der Waals surface area contributed by atoms with Gasteiger partial charge in [-0.25, -0.2) is 14.4 Å². The molecule has 0 saturated carbocycles. The minimum Gasteiger partial charge on any atom is -0.297 e. The van der Waals surface area contributed by atoms with Crippen LogP contribution in [0.2, 0.25) is 0 Å². The molecule has 3 aromatic heterocycles. The zero-order valence-electron chi connectivity index (χ0n) is 37.9. The van der Waals surface area contributed by atoms with Gasteiger partial charge in [-0.2, -0.15) is 0 Å². The van der Waals surface area contributed by atoms with Crippen molar-refractivity contribution in [1.29, 1.82) is 0 Å². The molecule has 3 aromatic rings. The summed E-state index contributed by atoms with van der Waals surface area (Å²) in [6.07, 6.45) is 14.3. The summed E-state index contributed by atoms with van der Waals surface area (Å²) in [6, 6.07) is 3.70. The van der Waals surface area contributed by atoms with E-state index in [4.69, 9.17) is 17.2 Å². The first kappa shape index (κ1) is 65.0. The number of aromatic nitrogens is 6. The zero-order chi connectivity index (χ0) is 53.0. The number of nitrogens with zero attached hydrogens (tertiary/aromatic N) is 3. The normalized spacial score (nSPS) is 15.1. The van der Waals surface area contributed by atoms with Crippen LogP contribution in [0.3, 0.4) is 0 Å². The van der Waals surface area contributed by atoms with E-state index in [-0.39, 0.29) is 42.8 Å². The summed E-state index contributed by atoms with van der Waals surface area (Å²) >= 11 is 0. The van der Waals surface area contributed by atoms with Crippen LogP contribution in [0, 0.1) is 0 Å². The molecule has 0 aliphatic carbocycles. The van der Waals surface area contributed by atoms with Gasteiger partial charge in [-0.1, -0.05) is 68.4 Å². The molecule has 0 saturated heterocycles.